The average Bonchev–Trinajstić information content (AvgIpc) is 1.60. The summed E-state index contributed by atoms with van der Waals surface area (Å²) < 4.78 is 9.17. The molecule has 0 aliphatic carbocycles. The van der Waals surface area contributed by atoms with E-state index in [0.717, 1.165) is 194 Å². The summed E-state index contributed by atoms with van der Waals surface area (Å²) in [6, 6.07) is 140. The number of pyridine rings is 2. The number of nitrogens with zero attached hydrogens (tertiary/aromatic N) is 8. The number of imidazole rings is 2. The second-order valence-electron chi connectivity index (χ2n) is 40.7. The molecule has 690 valence electrons. The van der Waals surface area contributed by atoms with E-state index in [2.05, 4.69) is 497 Å². The number of hydrogen-bond acceptors (Lipinski definition) is 6. The number of phenols is 2. The number of para-hydroxylation sites is 8. The number of aromatic nitrogens is 8. The topological polar surface area (TPSA) is 112 Å². The zero-order valence-electron chi connectivity index (χ0n) is 80.6. The Hall–Kier alpha value is -14.7. The Morgan fingerprint density at radius 1 is 0.252 bits per heavy atom. The van der Waals surface area contributed by atoms with Gasteiger partial charge in [0.2, 0.25) is 0 Å². The fraction of sp³-hybridized carbons (Fsp3) is 0.150. The fourth-order valence-electron chi connectivity index (χ4n) is 20.0. The molecular formula is C127H108N8O2Pt2-2. The van der Waals surface area contributed by atoms with Gasteiger partial charge in [0.05, 0.1) is 66.6 Å². The molecule has 0 aliphatic rings. The van der Waals surface area contributed by atoms with Gasteiger partial charge in [0.1, 0.15) is 23.1 Å². The predicted octanol–water partition coefficient (Wildman–Crippen LogP) is 32.6. The van der Waals surface area contributed by atoms with Crippen molar-refractivity contribution in [2.45, 2.75) is 124 Å². The third kappa shape index (κ3) is 17.2. The van der Waals surface area contributed by atoms with Gasteiger partial charge < -0.3 is 19.3 Å². The van der Waals surface area contributed by atoms with Gasteiger partial charge in [0.25, 0.3) is 0 Å². The Morgan fingerprint density at radius 2 is 0.590 bits per heavy atom. The van der Waals surface area contributed by atoms with Gasteiger partial charge in [0.15, 0.2) is 0 Å². The summed E-state index contributed by atoms with van der Waals surface area (Å²) in [6.07, 6.45) is 3.85. The number of hydrogen-bond donors (Lipinski definition) is 2. The summed E-state index contributed by atoms with van der Waals surface area (Å²) in [5.41, 5.74) is 31.8. The monoisotopic (exact) mass is 2170 g/mol. The van der Waals surface area contributed by atoms with Crippen LogP contribution in [0.25, 0.3) is 189 Å². The maximum Gasteiger partial charge on any atom is 0.148 e. The molecular weight excluding hydrogens is 2060 g/mol. The molecule has 10 nitrogen and oxygen atoms in total. The Labute approximate surface area is 842 Å². The van der Waals surface area contributed by atoms with E-state index in [1.807, 2.05) is 18.5 Å². The molecule has 6 heterocycles. The van der Waals surface area contributed by atoms with Crippen LogP contribution in [0.15, 0.2) is 389 Å². The molecule has 0 bridgehead atoms. The van der Waals surface area contributed by atoms with Crippen LogP contribution < -0.4 is 0 Å². The minimum atomic E-state index is -0.401. The van der Waals surface area contributed by atoms with Crippen molar-refractivity contribution in [1.82, 2.24) is 38.2 Å². The summed E-state index contributed by atoms with van der Waals surface area (Å²) in [5, 5.41) is 29.5. The number of benzene rings is 16. The van der Waals surface area contributed by atoms with E-state index < -0.39 is 5.41 Å². The van der Waals surface area contributed by atoms with Gasteiger partial charge in [-0.15, -0.1) is 53.1 Å². The number of phenolic OH excluding ortho intramolecular Hbond substituents is 2. The first-order valence-corrected chi connectivity index (χ1v) is 47.4. The van der Waals surface area contributed by atoms with E-state index >= 15 is 0 Å². The first kappa shape index (κ1) is 93.4. The largest absolute Gasteiger partial charge is 0.507 e. The first-order valence-electron chi connectivity index (χ1n) is 47.4. The van der Waals surface area contributed by atoms with Crippen molar-refractivity contribution in [3.63, 3.8) is 0 Å². The number of fused-ring (bicyclic) bond motifs is 8. The molecule has 22 rings (SSSR count). The summed E-state index contributed by atoms with van der Waals surface area (Å²) >= 11 is 0. The smallest absolute Gasteiger partial charge is 0.148 e. The SMILES string of the molecule is CC(C)(C)c1cc(-c2nc3c(-c4[c-]c(-c5nccc6c5c5ccccc5n6-c5ccccc5)cc(-c5ccccc5)c4)cccc3n2-c2ccccc2-c2ccccc2)c(O)c(C(C)(C)C)c1.CC(C)(C)c1cc(-c2nc3c(-c4[c-]c(-c5nccc6c5c5ccccc5n6-c5ccccc5)cc(C(C)(C)c5ccccc5)c4)cccc3n2-c2ccccc2-c2ccccc2)c(O)c(C(C)(C)C)c1.[Pt].[Pt]. The Bertz CT molecular complexity index is 8400. The van der Waals surface area contributed by atoms with E-state index in [0.29, 0.717) is 22.8 Å². The molecule has 0 fully saturated rings. The molecule has 16 aromatic carbocycles. The standard InChI is InChI=1S/C65H57N4O.C62H51N4O.2Pt/c1-63(2,3)46-40-52(61(70)53(41-46)64(4,5)6)62-67-60-50(31-22-34-57(60)69(62)54-32-20-18-29-49(54)42-23-12-9-13-24-42)43-37-44(39-47(38-43)65(7,8)45-25-14-10-15-26-45)59-58-51-30-19-21-33-55(51)68(56(58)35-36-66-59)48-27-16-11-17-28-48;1-61(2,3)45-38-50(59(67)51(39-45)62(4,5)6)60-64-58-48(29-20-32-55(58)66(60)52-30-18-16-27-47(52)41-23-12-8-13-24-41)43-35-42(40-21-10-7-11-22-40)36-44(37-43)57-56-49-28-17-19-31-53(49)65(54(56)33-34-63-57)46-25-14-9-15-26-46;;/h9-36,38-41,70H,1-8H3;7-36,38-39,67H,1-6H3;;/q2*-1;;. The maximum absolute atomic E-state index is 12.6. The molecule has 22 aromatic rings. The van der Waals surface area contributed by atoms with E-state index in [1.54, 1.807) is 0 Å². The van der Waals surface area contributed by atoms with Crippen LogP contribution in [-0.4, -0.2) is 48.4 Å². The zero-order chi connectivity index (χ0) is 94.6. The number of rotatable bonds is 15. The predicted molar refractivity (Wildman–Crippen MR) is 570 cm³/mol. The normalized spacial score (nSPS) is 12.0. The molecule has 0 amide bonds. The molecule has 0 radical (unpaired) electrons. The summed E-state index contributed by atoms with van der Waals surface area (Å²) in [4.78, 5) is 21.8. The molecule has 6 aromatic heterocycles. The maximum atomic E-state index is 12.6. The first-order chi connectivity index (χ1) is 66.1. The van der Waals surface area contributed by atoms with E-state index in [4.69, 9.17) is 19.9 Å². The fourth-order valence-corrected chi connectivity index (χ4v) is 20.0. The average molecular weight is 2170 g/mol. The molecule has 139 heavy (non-hydrogen) atoms. The molecule has 0 spiro atoms. The van der Waals surface area contributed by atoms with Crippen LogP contribution in [0, 0.1) is 12.1 Å². The molecule has 0 saturated carbocycles. The third-order valence-electron chi connectivity index (χ3n) is 27.2. The third-order valence-corrected chi connectivity index (χ3v) is 27.2. The second kappa shape index (κ2) is 37.0. The Balaban J connectivity index is 0.000000175. The van der Waals surface area contributed by atoms with Gasteiger partial charge in [-0.25, -0.2) is 9.97 Å². The Morgan fingerprint density at radius 3 is 1.01 bits per heavy atom. The summed E-state index contributed by atoms with van der Waals surface area (Å²) in [7, 11) is 0. The molecule has 2 N–H and O–H groups in total. The van der Waals surface area contributed by atoms with Crippen molar-refractivity contribution >= 4 is 65.7 Å². The van der Waals surface area contributed by atoms with Crippen molar-refractivity contribution < 1.29 is 52.3 Å². The minimum absolute atomic E-state index is 0. The van der Waals surface area contributed by atoms with E-state index in [9.17, 15) is 10.2 Å². The Kier molecular flexibility index (Phi) is 24.9. The van der Waals surface area contributed by atoms with Crippen LogP contribution in [0.4, 0.5) is 0 Å². The van der Waals surface area contributed by atoms with Crippen LogP contribution in [0.2, 0.25) is 0 Å². The van der Waals surface area contributed by atoms with Crippen LogP contribution in [-0.2, 0) is 69.2 Å². The molecule has 0 unspecified atom stereocenters. The van der Waals surface area contributed by atoms with Crippen LogP contribution in [0.5, 0.6) is 11.5 Å². The van der Waals surface area contributed by atoms with Gasteiger partial charge in [-0.3, -0.25) is 19.1 Å². The summed E-state index contributed by atoms with van der Waals surface area (Å²) in [6.45, 7) is 30.9. The van der Waals surface area contributed by atoms with Crippen LogP contribution in [0.1, 0.15) is 130 Å². The van der Waals surface area contributed by atoms with Crippen molar-refractivity contribution in [2.75, 3.05) is 0 Å². The van der Waals surface area contributed by atoms with Crippen molar-refractivity contribution in [2.24, 2.45) is 0 Å². The van der Waals surface area contributed by atoms with Crippen molar-refractivity contribution in [1.29, 1.82) is 0 Å². The van der Waals surface area contributed by atoms with Gasteiger partial charge in [0, 0.05) is 127 Å². The molecule has 0 aliphatic heterocycles. The number of aromatic hydroxyl groups is 2. The van der Waals surface area contributed by atoms with E-state index in [1.165, 1.54) is 5.56 Å². The van der Waals surface area contributed by atoms with E-state index in [-0.39, 0.29) is 75.3 Å². The molecule has 12 heteroatoms. The zero-order valence-corrected chi connectivity index (χ0v) is 85.1. The van der Waals surface area contributed by atoms with Crippen molar-refractivity contribution in [3.8, 4) is 135 Å². The minimum Gasteiger partial charge on any atom is -0.507 e. The molecule has 0 atom stereocenters. The summed E-state index contributed by atoms with van der Waals surface area (Å²) in [5.74, 6) is 1.82. The van der Waals surface area contributed by atoms with Gasteiger partial charge in [-0.2, -0.15) is 0 Å². The van der Waals surface area contributed by atoms with Gasteiger partial charge >= 0.3 is 0 Å². The van der Waals surface area contributed by atoms with Crippen LogP contribution >= 0.6 is 0 Å². The second-order valence-corrected chi connectivity index (χ2v) is 40.7. The van der Waals surface area contributed by atoms with Crippen LogP contribution in [0.3, 0.4) is 0 Å². The molecule has 0 saturated heterocycles. The van der Waals surface area contributed by atoms with Crippen molar-refractivity contribution in [3.05, 3.63) is 434 Å². The van der Waals surface area contributed by atoms with Gasteiger partial charge in [-0.05, 0) is 140 Å². The van der Waals surface area contributed by atoms with Gasteiger partial charge in [-0.1, -0.05) is 392 Å². The quantitative estimate of drug-likeness (QED) is 0.0989.